The smallest absolute Gasteiger partial charge is 0.279 e. The Hall–Kier alpha value is -2.51. The molecule has 1 amide bonds. The van der Waals surface area contributed by atoms with Gasteiger partial charge in [-0.15, -0.1) is 11.3 Å². The Morgan fingerprint density at radius 1 is 1.21 bits per heavy atom. The SMILES string of the molecule is O=C(Nc1nc2ccccc2s1)c1noc2c1CCc1sccc1-2. The minimum atomic E-state index is -0.266. The van der Waals surface area contributed by atoms with E-state index in [0.29, 0.717) is 10.8 Å². The summed E-state index contributed by atoms with van der Waals surface area (Å²) in [6.07, 6.45) is 1.69. The highest BCUT2D eigenvalue weighted by molar-refractivity contribution is 7.22. The van der Waals surface area contributed by atoms with Crippen LogP contribution in [0, 0.1) is 0 Å². The summed E-state index contributed by atoms with van der Waals surface area (Å²) < 4.78 is 6.51. The van der Waals surface area contributed by atoms with Crippen molar-refractivity contribution in [2.75, 3.05) is 5.32 Å². The lowest BCUT2D eigenvalue weighted by Crippen LogP contribution is -2.15. The van der Waals surface area contributed by atoms with Crippen molar-refractivity contribution in [3.63, 3.8) is 0 Å². The molecule has 1 aliphatic carbocycles. The lowest BCUT2D eigenvalue weighted by molar-refractivity contribution is 0.101. The van der Waals surface area contributed by atoms with Crippen LogP contribution in [0.15, 0.2) is 40.2 Å². The molecule has 0 radical (unpaired) electrons. The van der Waals surface area contributed by atoms with Crippen molar-refractivity contribution in [1.29, 1.82) is 0 Å². The summed E-state index contributed by atoms with van der Waals surface area (Å²) in [5, 5.41) is 9.49. The van der Waals surface area contributed by atoms with Crippen LogP contribution in [0.25, 0.3) is 21.5 Å². The molecular weight excluding hydrogens is 342 g/mol. The number of benzene rings is 1. The number of aromatic nitrogens is 2. The molecule has 5 rings (SSSR count). The topological polar surface area (TPSA) is 68.0 Å². The third-order valence-corrected chi connectivity index (χ3v) is 6.04. The van der Waals surface area contributed by atoms with E-state index in [1.165, 1.54) is 16.2 Å². The molecule has 24 heavy (non-hydrogen) atoms. The number of carbonyl (C=O) groups is 1. The summed E-state index contributed by atoms with van der Waals surface area (Å²) in [5.41, 5.74) is 3.19. The molecule has 1 aliphatic rings. The Bertz CT molecular complexity index is 1040. The van der Waals surface area contributed by atoms with Gasteiger partial charge in [0.25, 0.3) is 5.91 Å². The first-order valence-electron chi connectivity index (χ1n) is 7.52. The van der Waals surface area contributed by atoms with Crippen molar-refractivity contribution in [3.05, 3.63) is 51.8 Å². The van der Waals surface area contributed by atoms with E-state index < -0.39 is 0 Å². The number of thiophene rings is 1. The van der Waals surface area contributed by atoms with Crippen LogP contribution in [0.1, 0.15) is 20.9 Å². The van der Waals surface area contributed by atoms with E-state index in [-0.39, 0.29) is 5.91 Å². The summed E-state index contributed by atoms with van der Waals surface area (Å²) in [6, 6.07) is 9.83. The Morgan fingerprint density at radius 3 is 3.04 bits per heavy atom. The van der Waals surface area contributed by atoms with Crippen LogP contribution in [0.2, 0.25) is 0 Å². The van der Waals surface area contributed by atoms with Crippen LogP contribution in [0.3, 0.4) is 0 Å². The highest BCUT2D eigenvalue weighted by Crippen LogP contribution is 2.38. The van der Waals surface area contributed by atoms with E-state index in [0.717, 1.165) is 39.9 Å². The quantitative estimate of drug-likeness (QED) is 0.581. The van der Waals surface area contributed by atoms with Gasteiger partial charge in [-0.1, -0.05) is 28.6 Å². The Balaban J connectivity index is 1.48. The van der Waals surface area contributed by atoms with Crippen LogP contribution >= 0.6 is 22.7 Å². The number of hydrogen-bond acceptors (Lipinski definition) is 6. The van der Waals surface area contributed by atoms with Gasteiger partial charge in [0.2, 0.25) is 0 Å². The molecular formula is C17H11N3O2S2. The maximum atomic E-state index is 12.6. The van der Waals surface area contributed by atoms with Crippen molar-refractivity contribution in [2.45, 2.75) is 12.8 Å². The monoisotopic (exact) mass is 353 g/mol. The molecule has 0 bridgehead atoms. The van der Waals surface area contributed by atoms with E-state index >= 15 is 0 Å². The lowest BCUT2D eigenvalue weighted by Gasteiger charge is -2.10. The van der Waals surface area contributed by atoms with E-state index in [1.807, 2.05) is 35.7 Å². The number of thiazole rings is 1. The lowest BCUT2D eigenvalue weighted by atomic mass is 9.95. The normalized spacial score (nSPS) is 12.8. The Kier molecular flexibility index (Phi) is 3.04. The van der Waals surface area contributed by atoms with E-state index in [9.17, 15) is 4.79 Å². The van der Waals surface area contributed by atoms with Crippen LogP contribution in [-0.2, 0) is 12.8 Å². The fraction of sp³-hybridized carbons (Fsp3) is 0.118. The highest BCUT2D eigenvalue weighted by Gasteiger charge is 2.28. The van der Waals surface area contributed by atoms with Gasteiger partial charge in [0, 0.05) is 16.0 Å². The zero-order valence-corrected chi connectivity index (χ0v) is 14.0. The first kappa shape index (κ1) is 13.9. The van der Waals surface area contributed by atoms with Gasteiger partial charge >= 0.3 is 0 Å². The minimum absolute atomic E-state index is 0.266. The summed E-state index contributed by atoms with van der Waals surface area (Å²) in [4.78, 5) is 18.3. The van der Waals surface area contributed by atoms with Crippen molar-refractivity contribution < 1.29 is 9.32 Å². The van der Waals surface area contributed by atoms with Gasteiger partial charge in [-0.05, 0) is 36.4 Å². The molecule has 1 aromatic carbocycles. The number of para-hydroxylation sites is 1. The minimum Gasteiger partial charge on any atom is -0.355 e. The molecule has 0 saturated heterocycles. The van der Waals surface area contributed by atoms with Gasteiger partial charge in [-0.25, -0.2) is 4.98 Å². The standard InChI is InChI=1S/C17H11N3O2S2/c21-16(19-17-18-11-3-1-2-4-13(11)24-17)14-10-5-6-12-9(7-8-23-12)15(10)22-20-14/h1-4,7-8H,5-6H2,(H,18,19,21). The number of carbonyl (C=O) groups excluding carboxylic acids is 1. The first-order valence-corrected chi connectivity index (χ1v) is 9.21. The fourth-order valence-electron chi connectivity index (χ4n) is 2.99. The molecule has 0 saturated carbocycles. The van der Waals surface area contributed by atoms with Crippen molar-refractivity contribution in [2.24, 2.45) is 0 Å². The van der Waals surface area contributed by atoms with Gasteiger partial charge in [-0.2, -0.15) is 0 Å². The van der Waals surface area contributed by atoms with E-state index in [2.05, 4.69) is 15.5 Å². The van der Waals surface area contributed by atoms with Crippen molar-refractivity contribution in [3.8, 4) is 11.3 Å². The number of fused-ring (bicyclic) bond motifs is 4. The van der Waals surface area contributed by atoms with Crippen LogP contribution in [-0.4, -0.2) is 16.0 Å². The van der Waals surface area contributed by atoms with E-state index in [1.54, 1.807) is 11.3 Å². The molecule has 7 heteroatoms. The van der Waals surface area contributed by atoms with Gasteiger partial charge in [0.15, 0.2) is 16.6 Å². The predicted octanol–water partition coefficient (Wildman–Crippen LogP) is 4.36. The van der Waals surface area contributed by atoms with Crippen LogP contribution < -0.4 is 5.32 Å². The maximum absolute atomic E-state index is 12.6. The van der Waals surface area contributed by atoms with E-state index in [4.69, 9.17) is 4.52 Å². The van der Waals surface area contributed by atoms with Crippen molar-refractivity contribution >= 4 is 43.9 Å². The highest BCUT2D eigenvalue weighted by atomic mass is 32.1. The molecule has 0 spiro atoms. The maximum Gasteiger partial charge on any atom is 0.279 e. The van der Waals surface area contributed by atoms with Gasteiger partial charge in [-0.3, -0.25) is 10.1 Å². The zero-order chi connectivity index (χ0) is 16.1. The number of rotatable bonds is 2. The second-order valence-corrected chi connectivity index (χ2v) is 7.57. The molecule has 3 aromatic heterocycles. The van der Waals surface area contributed by atoms with Crippen LogP contribution in [0.5, 0.6) is 0 Å². The predicted molar refractivity (Wildman–Crippen MR) is 94.8 cm³/mol. The molecule has 1 N–H and O–H groups in total. The molecule has 0 fully saturated rings. The van der Waals surface area contributed by atoms with Crippen molar-refractivity contribution in [1.82, 2.24) is 10.1 Å². The molecule has 4 aromatic rings. The Morgan fingerprint density at radius 2 is 2.12 bits per heavy atom. The molecule has 0 aliphatic heterocycles. The van der Waals surface area contributed by atoms with Crippen LogP contribution in [0.4, 0.5) is 5.13 Å². The number of aryl methyl sites for hydroxylation is 1. The second kappa shape index (κ2) is 5.25. The largest absolute Gasteiger partial charge is 0.355 e. The fourth-order valence-corrected chi connectivity index (χ4v) is 4.73. The summed E-state index contributed by atoms with van der Waals surface area (Å²) in [5.74, 6) is 0.463. The van der Waals surface area contributed by atoms with Gasteiger partial charge in [0.1, 0.15) is 0 Å². The summed E-state index contributed by atoms with van der Waals surface area (Å²) in [6.45, 7) is 0. The first-order chi connectivity index (χ1) is 11.8. The third-order valence-electron chi connectivity index (χ3n) is 4.11. The Labute approximate surface area is 144 Å². The average molecular weight is 353 g/mol. The number of nitrogens with one attached hydrogen (secondary N) is 1. The number of amides is 1. The number of nitrogens with zero attached hydrogens (tertiary/aromatic N) is 2. The molecule has 0 atom stereocenters. The molecule has 5 nitrogen and oxygen atoms in total. The average Bonchev–Trinajstić information content (AvgIpc) is 3.30. The second-order valence-electron chi connectivity index (χ2n) is 5.54. The third kappa shape index (κ3) is 2.09. The summed E-state index contributed by atoms with van der Waals surface area (Å²) in [7, 11) is 0. The molecule has 0 unspecified atom stereocenters. The molecule has 118 valence electrons. The zero-order valence-electron chi connectivity index (χ0n) is 12.4. The van der Waals surface area contributed by atoms with Gasteiger partial charge in [0.05, 0.1) is 10.2 Å². The van der Waals surface area contributed by atoms with Gasteiger partial charge < -0.3 is 4.52 Å². The molecule has 3 heterocycles. The summed E-state index contributed by atoms with van der Waals surface area (Å²) >= 11 is 3.17. The number of anilines is 1. The number of hydrogen-bond donors (Lipinski definition) is 1.